The molecule has 4 aromatic rings. The molecule has 0 aliphatic heterocycles. The third-order valence-corrected chi connectivity index (χ3v) is 4.95. The van der Waals surface area contributed by atoms with Crippen LogP contribution in [0.1, 0.15) is 11.1 Å². The van der Waals surface area contributed by atoms with Gasteiger partial charge in [-0.15, -0.1) is 0 Å². The van der Waals surface area contributed by atoms with Gasteiger partial charge in [-0.25, -0.2) is 0 Å². The highest BCUT2D eigenvalue weighted by molar-refractivity contribution is 5.64. The number of rotatable bonds is 4. The van der Waals surface area contributed by atoms with Gasteiger partial charge in [-0.05, 0) is 45.2 Å². The first kappa shape index (κ1) is 19.3. The van der Waals surface area contributed by atoms with Crippen LogP contribution in [0.25, 0.3) is 22.3 Å². The lowest BCUT2D eigenvalue weighted by Gasteiger charge is -2.02. The summed E-state index contributed by atoms with van der Waals surface area (Å²) >= 11 is 0. The Morgan fingerprint density at radius 2 is 0.700 bits per heavy atom. The molecule has 0 atom stereocenters. The zero-order valence-electron chi connectivity index (χ0n) is 16.8. The Kier molecular flexibility index (Phi) is 6.42. The number of benzene rings is 4. The van der Waals surface area contributed by atoms with Crippen molar-refractivity contribution < 1.29 is 0 Å². The summed E-state index contributed by atoms with van der Waals surface area (Å²) in [6.45, 7) is 0. The number of hydrogen-bond donors (Lipinski definition) is 0. The maximum atomic E-state index is 3.15. The standard InChI is InChI=1S/C30H22/c1(5-11-25-17-21-29(22-18-25)27-13-7-3-8-14-27)2-6-12-26-19-23-30(24-20-26)28-15-9-4-10-16-28/h3-4,7-10,13-24H,11-12H2. The lowest BCUT2D eigenvalue weighted by molar-refractivity contribution is 1.32. The van der Waals surface area contributed by atoms with Gasteiger partial charge in [0.15, 0.2) is 0 Å². The monoisotopic (exact) mass is 382 g/mol. The van der Waals surface area contributed by atoms with Crippen LogP contribution in [0.4, 0.5) is 0 Å². The normalized spacial score (nSPS) is 9.73. The number of hydrogen-bond acceptors (Lipinski definition) is 0. The first-order valence-corrected chi connectivity index (χ1v) is 10.1. The summed E-state index contributed by atoms with van der Waals surface area (Å²) in [7, 11) is 0. The molecule has 0 fully saturated rings. The minimum absolute atomic E-state index is 0.718. The molecule has 4 rings (SSSR count). The topological polar surface area (TPSA) is 0 Å². The van der Waals surface area contributed by atoms with Gasteiger partial charge in [-0.3, -0.25) is 0 Å². The van der Waals surface area contributed by atoms with Crippen LogP contribution in [0.3, 0.4) is 0 Å². The van der Waals surface area contributed by atoms with Crippen molar-refractivity contribution in [3.05, 3.63) is 120 Å². The van der Waals surface area contributed by atoms with Crippen LogP contribution >= 0.6 is 0 Å². The molecule has 0 spiro atoms. The lowest BCUT2D eigenvalue weighted by Crippen LogP contribution is -1.83. The molecular formula is C30H22. The van der Waals surface area contributed by atoms with E-state index in [9.17, 15) is 0 Å². The molecule has 0 amide bonds. The summed E-state index contributed by atoms with van der Waals surface area (Å²) in [6.07, 6.45) is 1.44. The minimum atomic E-state index is 0.718. The average molecular weight is 383 g/mol. The Balaban J connectivity index is 1.29. The highest BCUT2D eigenvalue weighted by Crippen LogP contribution is 2.20. The van der Waals surface area contributed by atoms with Crippen molar-refractivity contribution >= 4 is 0 Å². The first-order valence-electron chi connectivity index (χ1n) is 10.1. The second-order valence-corrected chi connectivity index (χ2v) is 7.08. The Hall–Kier alpha value is -4.00. The molecule has 0 saturated carbocycles. The summed E-state index contributed by atoms with van der Waals surface area (Å²) in [4.78, 5) is 0. The molecule has 0 aliphatic carbocycles. The maximum absolute atomic E-state index is 3.15. The van der Waals surface area contributed by atoms with Gasteiger partial charge in [0.1, 0.15) is 0 Å². The molecule has 0 radical (unpaired) electrons. The van der Waals surface area contributed by atoms with Gasteiger partial charge in [0.05, 0.1) is 0 Å². The van der Waals surface area contributed by atoms with Crippen LogP contribution < -0.4 is 0 Å². The zero-order valence-corrected chi connectivity index (χ0v) is 16.8. The van der Waals surface area contributed by atoms with Gasteiger partial charge >= 0.3 is 0 Å². The Morgan fingerprint density at radius 1 is 0.367 bits per heavy atom. The highest BCUT2D eigenvalue weighted by atomic mass is 14.0. The van der Waals surface area contributed by atoms with E-state index in [1.165, 1.54) is 33.4 Å². The van der Waals surface area contributed by atoms with Crippen LogP contribution in [-0.4, -0.2) is 0 Å². The van der Waals surface area contributed by atoms with Crippen molar-refractivity contribution in [2.45, 2.75) is 12.8 Å². The lowest BCUT2D eigenvalue weighted by atomic mass is 10.0. The summed E-state index contributed by atoms with van der Waals surface area (Å²) in [6, 6.07) is 38.0. The van der Waals surface area contributed by atoms with E-state index >= 15 is 0 Å². The highest BCUT2D eigenvalue weighted by Gasteiger charge is 1.97. The largest absolute Gasteiger partial charge is 0.0843 e. The molecular weight excluding hydrogens is 360 g/mol. The van der Waals surface area contributed by atoms with Gasteiger partial charge in [0.25, 0.3) is 0 Å². The molecule has 4 aromatic carbocycles. The smallest absolute Gasteiger partial charge is 0.0350 e. The quantitative estimate of drug-likeness (QED) is 0.340. The molecule has 0 heteroatoms. The van der Waals surface area contributed by atoms with Crippen LogP contribution in [-0.2, 0) is 12.8 Å². The SMILES string of the molecule is C(C#CCc1ccc(-c2ccccc2)cc1)#CCc1ccc(-c2ccccc2)cc1. The fraction of sp³-hybridized carbons (Fsp3) is 0.0667. The zero-order chi connectivity index (χ0) is 20.4. The van der Waals surface area contributed by atoms with E-state index < -0.39 is 0 Å². The molecule has 0 bridgehead atoms. The van der Waals surface area contributed by atoms with Crippen molar-refractivity contribution in [3.8, 4) is 45.9 Å². The van der Waals surface area contributed by atoms with Crippen molar-refractivity contribution in [2.75, 3.05) is 0 Å². The Morgan fingerprint density at radius 3 is 1.07 bits per heavy atom. The van der Waals surface area contributed by atoms with Crippen LogP contribution in [0, 0.1) is 23.7 Å². The Labute approximate surface area is 179 Å². The molecule has 0 heterocycles. The van der Waals surface area contributed by atoms with Crippen LogP contribution in [0.5, 0.6) is 0 Å². The van der Waals surface area contributed by atoms with Crippen LogP contribution in [0.2, 0.25) is 0 Å². The fourth-order valence-corrected chi connectivity index (χ4v) is 3.27. The third kappa shape index (κ3) is 5.29. The van der Waals surface area contributed by atoms with Crippen molar-refractivity contribution in [3.63, 3.8) is 0 Å². The summed E-state index contributed by atoms with van der Waals surface area (Å²) in [5, 5.41) is 0. The van der Waals surface area contributed by atoms with Gasteiger partial charge in [-0.1, -0.05) is 121 Å². The van der Waals surface area contributed by atoms with E-state index in [1.807, 2.05) is 12.1 Å². The van der Waals surface area contributed by atoms with Crippen LogP contribution in [0.15, 0.2) is 109 Å². The first-order chi connectivity index (χ1) is 14.9. The third-order valence-electron chi connectivity index (χ3n) is 4.95. The minimum Gasteiger partial charge on any atom is -0.0843 e. The van der Waals surface area contributed by atoms with E-state index in [2.05, 4.69) is 121 Å². The molecule has 0 nitrogen and oxygen atoms in total. The molecule has 0 aromatic heterocycles. The van der Waals surface area contributed by atoms with E-state index in [1.54, 1.807) is 0 Å². The van der Waals surface area contributed by atoms with Gasteiger partial charge in [-0.2, -0.15) is 0 Å². The summed E-state index contributed by atoms with van der Waals surface area (Å²) in [5.74, 6) is 12.3. The molecule has 30 heavy (non-hydrogen) atoms. The van der Waals surface area contributed by atoms with Crippen molar-refractivity contribution in [2.24, 2.45) is 0 Å². The van der Waals surface area contributed by atoms with E-state index in [-0.39, 0.29) is 0 Å². The van der Waals surface area contributed by atoms with Crippen molar-refractivity contribution in [1.29, 1.82) is 0 Å². The summed E-state index contributed by atoms with van der Waals surface area (Å²) < 4.78 is 0. The molecule has 0 unspecified atom stereocenters. The summed E-state index contributed by atoms with van der Waals surface area (Å²) in [5.41, 5.74) is 7.34. The van der Waals surface area contributed by atoms with Gasteiger partial charge < -0.3 is 0 Å². The average Bonchev–Trinajstić information content (AvgIpc) is 2.83. The molecule has 0 aliphatic rings. The fourth-order valence-electron chi connectivity index (χ4n) is 3.27. The molecule has 0 N–H and O–H groups in total. The van der Waals surface area contributed by atoms with E-state index in [0.29, 0.717) is 0 Å². The second kappa shape index (κ2) is 9.97. The molecule has 0 saturated heterocycles. The maximum Gasteiger partial charge on any atom is 0.0350 e. The predicted octanol–water partition coefficient (Wildman–Crippen LogP) is 6.81. The van der Waals surface area contributed by atoms with E-state index in [0.717, 1.165) is 12.8 Å². The van der Waals surface area contributed by atoms with E-state index in [4.69, 9.17) is 0 Å². The van der Waals surface area contributed by atoms with Gasteiger partial charge in [0.2, 0.25) is 0 Å². The Bertz CT molecular complexity index is 1090. The second-order valence-electron chi connectivity index (χ2n) is 7.08. The molecule has 142 valence electrons. The van der Waals surface area contributed by atoms with Gasteiger partial charge in [0, 0.05) is 12.8 Å². The predicted molar refractivity (Wildman–Crippen MR) is 127 cm³/mol. The van der Waals surface area contributed by atoms with Crippen molar-refractivity contribution in [1.82, 2.24) is 0 Å².